The lowest BCUT2D eigenvalue weighted by Gasteiger charge is -1.92. The summed E-state index contributed by atoms with van der Waals surface area (Å²) in [5.41, 5.74) is 3.18. The van der Waals surface area contributed by atoms with Crippen LogP contribution in [0.4, 0.5) is 0 Å². The van der Waals surface area contributed by atoms with Crippen LogP contribution in [-0.4, -0.2) is 15.0 Å². The van der Waals surface area contributed by atoms with Gasteiger partial charge < -0.3 is 4.98 Å². The van der Waals surface area contributed by atoms with E-state index in [9.17, 15) is 0 Å². The Morgan fingerprint density at radius 1 is 0.950 bits per heavy atom. The molecule has 2 heterocycles. The molecule has 4 rings (SSSR count). The van der Waals surface area contributed by atoms with E-state index in [1.165, 1.54) is 4.70 Å². The quantitative estimate of drug-likeness (QED) is 0.567. The SMILES string of the molecule is c1ccc2[nH]c(SCc3nc4ccccc4s3)nc2c1. The zero-order chi connectivity index (χ0) is 13.4. The van der Waals surface area contributed by atoms with E-state index in [-0.39, 0.29) is 0 Å². The Balaban J connectivity index is 1.57. The molecule has 2 aromatic carbocycles. The minimum absolute atomic E-state index is 0.846. The maximum atomic E-state index is 4.64. The molecule has 3 nitrogen and oxygen atoms in total. The van der Waals surface area contributed by atoms with Crippen LogP contribution in [0.1, 0.15) is 5.01 Å². The first-order valence-electron chi connectivity index (χ1n) is 6.30. The Kier molecular flexibility index (Phi) is 2.94. The molecule has 0 atom stereocenters. The van der Waals surface area contributed by atoms with Crippen molar-refractivity contribution in [2.24, 2.45) is 0 Å². The normalized spacial score (nSPS) is 11.4. The number of aromatic amines is 1. The van der Waals surface area contributed by atoms with Crippen molar-refractivity contribution in [1.29, 1.82) is 0 Å². The second-order valence-electron chi connectivity index (χ2n) is 4.42. The summed E-state index contributed by atoms with van der Waals surface area (Å²) in [5.74, 6) is 0.846. The number of nitrogens with one attached hydrogen (secondary N) is 1. The fourth-order valence-electron chi connectivity index (χ4n) is 2.11. The lowest BCUT2D eigenvalue weighted by atomic mass is 10.3. The molecule has 1 N–H and O–H groups in total. The second-order valence-corrected chi connectivity index (χ2v) is 6.50. The van der Waals surface area contributed by atoms with E-state index in [1.807, 2.05) is 30.3 Å². The standard InChI is InChI=1S/C15H11N3S2/c1-2-6-11-10(5-1)17-15(18-11)19-9-14-16-12-7-3-4-8-13(12)20-14/h1-8H,9H2,(H,17,18). The van der Waals surface area contributed by atoms with Gasteiger partial charge in [0.15, 0.2) is 5.16 Å². The number of thiazole rings is 1. The van der Waals surface area contributed by atoms with E-state index in [0.717, 1.165) is 32.5 Å². The zero-order valence-electron chi connectivity index (χ0n) is 10.5. The Morgan fingerprint density at radius 3 is 2.60 bits per heavy atom. The van der Waals surface area contributed by atoms with Gasteiger partial charge >= 0.3 is 0 Å². The summed E-state index contributed by atoms with van der Waals surface area (Å²) in [7, 11) is 0. The highest BCUT2D eigenvalue weighted by atomic mass is 32.2. The van der Waals surface area contributed by atoms with Crippen molar-refractivity contribution in [1.82, 2.24) is 15.0 Å². The van der Waals surface area contributed by atoms with Crippen molar-refractivity contribution in [3.05, 3.63) is 53.5 Å². The summed E-state index contributed by atoms with van der Waals surface area (Å²) < 4.78 is 1.24. The molecule has 0 bridgehead atoms. The van der Waals surface area contributed by atoms with Gasteiger partial charge in [-0.25, -0.2) is 9.97 Å². The maximum absolute atomic E-state index is 4.64. The maximum Gasteiger partial charge on any atom is 0.166 e. The fraction of sp³-hybridized carbons (Fsp3) is 0.0667. The van der Waals surface area contributed by atoms with Crippen LogP contribution in [0.2, 0.25) is 0 Å². The number of thioether (sulfide) groups is 1. The summed E-state index contributed by atoms with van der Waals surface area (Å²) in [5, 5.41) is 2.09. The average Bonchev–Trinajstić information content (AvgIpc) is 3.07. The van der Waals surface area contributed by atoms with Gasteiger partial charge in [0.2, 0.25) is 0 Å². The van der Waals surface area contributed by atoms with Crippen molar-refractivity contribution in [2.75, 3.05) is 0 Å². The van der Waals surface area contributed by atoms with Gasteiger partial charge in [-0.15, -0.1) is 11.3 Å². The smallest absolute Gasteiger partial charge is 0.166 e. The number of aromatic nitrogens is 3. The van der Waals surface area contributed by atoms with E-state index in [4.69, 9.17) is 0 Å². The predicted molar refractivity (Wildman–Crippen MR) is 85.3 cm³/mol. The molecular formula is C15H11N3S2. The largest absolute Gasteiger partial charge is 0.333 e. The van der Waals surface area contributed by atoms with E-state index >= 15 is 0 Å². The fourth-order valence-corrected chi connectivity index (χ4v) is 3.95. The predicted octanol–water partition coefficient (Wildman–Crippen LogP) is 4.46. The molecule has 0 spiro atoms. The monoisotopic (exact) mass is 297 g/mol. The Bertz CT molecular complexity index is 739. The van der Waals surface area contributed by atoms with Gasteiger partial charge in [0, 0.05) is 0 Å². The molecule has 2 aromatic heterocycles. The third kappa shape index (κ3) is 2.19. The second kappa shape index (κ2) is 4.92. The van der Waals surface area contributed by atoms with Crippen LogP contribution in [0.5, 0.6) is 0 Å². The molecule has 0 aliphatic rings. The van der Waals surface area contributed by atoms with Crippen LogP contribution in [0.15, 0.2) is 53.7 Å². The number of H-pyrrole nitrogens is 1. The van der Waals surface area contributed by atoms with E-state index in [2.05, 4.69) is 33.2 Å². The molecule has 0 saturated carbocycles. The zero-order valence-corrected chi connectivity index (χ0v) is 12.2. The Hall–Kier alpha value is -1.85. The van der Waals surface area contributed by atoms with Crippen molar-refractivity contribution in [2.45, 2.75) is 10.9 Å². The molecule has 0 saturated heterocycles. The first-order valence-corrected chi connectivity index (χ1v) is 8.11. The van der Waals surface area contributed by atoms with Gasteiger partial charge in [0.05, 0.1) is 27.0 Å². The molecule has 0 radical (unpaired) electrons. The van der Waals surface area contributed by atoms with Crippen molar-refractivity contribution in [3.63, 3.8) is 0 Å². The molecule has 0 aliphatic heterocycles. The molecule has 20 heavy (non-hydrogen) atoms. The summed E-state index contributed by atoms with van der Waals surface area (Å²) in [6.07, 6.45) is 0. The minimum atomic E-state index is 0.846. The summed E-state index contributed by atoms with van der Waals surface area (Å²) >= 11 is 3.45. The average molecular weight is 297 g/mol. The van der Waals surface area contributed by atoms with Gasteiger partial charge in [-0.05, 0) is 24.3 Å². The highest BCUT2D eigenvalue weighted by Crippen LogP contribution is 2.28. The van der Waals surface area contributed by atoms with Crippen molar-refractivity contribution >= 4 is 44.3 Å². The molecule has 0 unspecified atom stereocenters. The molecule has 5 heteroatoms. The molecule has 4 aromatic rings. The number of hydrogen-bond acceptors (Lipinski definition) is 4. The summed E-state index contributed by atoms with van der Waals surface area (Å²) in [6, 6.07) is 16.3. The van der Waals surface area contributed by atoms with Gasteiger partial charge in [0.25, 0.3) is 0 Å². The van der Waals surface area contributed by atoms with Gasteiger partial charge in [-0.3, -0.25) is 0 Å². The lowest BCUT2D eigenvalue weighted by molar-refractivity contribution is 1.08. The van der Waals surface area contributed by atoms with E-state index < -0.39 is 0 Å². The highest BCUT2D eigenvalue weighted by molar-refractivity contribution is 7.98. The molecule has 0 amide bonds. The number of benzene rings is 2. The Morgan fingerprint density at radius 2 is 1.75 bits per heavy atom. The lowest BCUT2D eigenvalue weighted by Crippen LogP contribution is -1.79. The third-order valence-electron chi connectivity index (χ3n) is 3.04. The number of nitrogens with zero attached hydrogens (tertiary/aromatic N) is 2. The topological polar surface area (TPSA) is 41.6 Å². The van der Waals surface area contributed by atoms with E-state index in [1.54, 1.807) is 23.1 Å². The highest BCUT2D eigenvalue weighted by Gasteiger charge is 2.06. The van der Waals surface area contributed by atoms with Crippen LogP contribution in [-0.2, 0) is 5.75 Å². The van der Waals surface area contributed by atoms with Gasteiger partial charge in [-0.1, -0.05) is 36.0 Å². The molecular weight excluding hydrogens is 286 g/mol. The molecule has 98 valence electrons. The molecule has 0 aliphatic carbocycles. The van der Waals surface area contributed by atoms with Crippen LogP contribution < -0.4 is 0 Å². The number of hydrogen-bond donors (Lipinski definition) is 1. The summed E-state index contributed by atoms with van der Waals surface area (Å²) in [4.78, 5) is 12.5. The molecule has 0 fully saturated rings. The number of imidazole rings is 1. The minimum Gasteiger partial charge on any atom is -0.333 e. The van der Waals surface area contributed by atoms with Crippen LogP contribution in [0, 0.1) is 0 Å². The van der Waals surface area contributed by atoms with Gasteiger partial charge in [-0.2, -0.15) is 0 Å². The van der Waals surface area contributed by atoms with Crippen LogP contribution in [0.3, 0.4) is 0 Å². The number of para-hydroxylation sites is 3. The Labute approximate surface area is 124 Å². The van der Waals surface area contributed by atoms with Gasteiger partial charge in [0.1, 0.15) is 5.01 Å². The van der Waals surface area contributed by atoms with Crippen LogP contribution >= 0.6 is 23.1 Å². The van der Waals surface area contributed by atoms with Crippen LogP contribution in [0.25, 0.3) is 21.3 Å². The van der Waals surface area contributed by atoms with E-state index in [0.29, 0.717) is 0 Å². The number of fused-ring (bicyclic) bond motifs is 2. The first kappa shape index (κ1) is 11.9. The number of rotatable bonds is 3. The van der Waals surface area contributed by atoms with Crippen molar-refractivity contribution in [3.8, 4) is 0 Å². The van der Waals surface area contributed by atoms with Crippen molar-refractivity contribution < 1.29 is 0 Å². The first-order chi connectivity index (χ1) is 9.88. The third-order valence-corrected chi connectivity index (χ3v) is 5.14. The summed E-state index contributed by atoms with van der Waals surface area (Å²) in [6.45, 7) is 0.